The number of likely N-dealkylation sites (tertiary alicyclic amines) is 1. The van der Waals surface area contributed by atoms with Gasteiger partial charge in [-0.05, 0) is 45.3 Å². The summed E-state index contributed by atoms with van der Waals surface area (Å²) in [7, 11) is -2.02. The molecule has 2 rings (SSSR count). The average molecular weight is 401 g/mol. The number of ether oxygens (including phenoxy) is 1. The maximum Gasteiger partial charge on any atom is 0.410 e. The SMILES string of the molecule is CC(C)(C)OC(=O)N1C[C@H](O[Si](C)(C)C(C)(C)C)C[C@H]1C(O)C1CNC1=O. The van der Waals surface area contributed by atoms with Crippen molar-refractivity contribution in [2.75, 3.05) is 13.1 Å². The van der Waals surface area contributed by atoms with Gasteiger partial charge in [0.25, 0.3) is 0 Å². The van der Waals surface area contributed by atoms with Gasteiger partial charge in [-0.3, -0.25) is 9.69 Å². The van der Waals surface area contributed by atoms with E-state index in [1.807, 2.05) is 20.8 Å². The second kappa shape index (κ2) is 7.37. The molecule has 0 aromatic carbocycles. The zero-order valence-corrected chi connectivity index (χ0v) is 19.0. The molecule has 2 amide bonds. The number of hydrogen-bond donors (Lipinski definition) is 2. The van der Waals surface area contributed by atoms with Gasteiger partial charge in [0.05, 0.1) is 24.2 Å². The van der Waals surface area contributed by atoms with Crippen LogP contribution in [-0.4, -0.2) is 67.3 Å². The summed E-state index contributed by atoms with van der Waals surface area (Å²) in [5.41, 5.74) is -0.626. The van der Waals surface area contributed by atoms with Crippen molar-refractivity contribution in [2.45, 2.75) is 89.9 Å². The summed E-state index contributed by atoms with van der Waals surface area (Å²) < 4.78 is 12.0. The molecule has 156 valence electrons. The van der Waals surface area contributed by atoms with Crippen LogP contribution in [0.2, 0.25) is 18.1 Å². The van der Waals surface area contributed by atoms with Gasteiger partial charge in [0.15, 0.2) is 8.32 Å². The zero-order chi connectivity index (χ0) is 20.8. The molecule has 2 fully saturated rings. The molecule has 4 atom stereocenters. The van der Waals surface area contributed by atoms with Crippen molar-refractivity contribution in [3.05, 3.63) is 0 Å². The van der Waals surface area contributed by atoms with Crippen molar-refractivity contribution in [1.29, 1.82) is 0 Å². The Balaban J connectivity index is 2.17. The van der Waals surface area contributed by atoms with E-state index in [-0.39, 0.29) is 17.0 Å². The fourth-order valence-electron chi connectivity index (χ4n) is 3.21. The van der Waals surface area contributed by atoms with E-state index in [0.29, 0.717) is 19.5 Å². The monoisotopic (exact) mass is 400 g/mol. The first-order chi connectivity index (χ1) is 12.1. The molecular weight excluding hydrogens is 364 g/mol. The molecule has 0 aromatic rings. The van der Waals surface area contributed by atoms with Crippen molar-refractivity contribution in [2.24, 2.45) is 5.92 Å². The largest absolute Gasteiger partial charge is 0.444 e. The third-order valence-electron chi connectivity index (χ3n) is 5.84. The molecule has 2 aliphatic heterocycles. The molecular formula is C19H36N2O5Si. The summed E-state index contributed by atoms with van der Waals surface area (Å²) in [5, 5.41) is 13.5. The molecule has 2 saturated heterocycles. The molecule has 0 aromatic heterocycles. The number of rotatable bonds is 4. The molecule has 0 bridgehead atoms. The predicted octanol–water partition coefficient (Wildman–Crippen LogP) is 2.49. The predicted molar refractivity (Wildman–Crippen MR) is 106 cm³/mol. The number of β-lactam (4-membered cyclic amide) rings is 1. The van der Waals surface area contributed by atoms with E-state index in [2.05, 4.69) is 39.2 Å². The van der Waals surface area contributed by atoms with Gasteiger partial charge in [0.1, 0.15) is 5.60 Å². The third-order valence-corrected chi connectivity index (χ3v) is 10.4. The first-order valence-electron chi connectivity index (χ1n) is 9.75. The van der Waals surface area contributed by atoms with E-state index in [0.717, 1.165) is 0 Å². The number of carbonyl (C=O) groups is 2. The Hall–Kier alpha value is -1.12. The minimum Gasteiger partial charge on any atom is -0.444 e. The van der Waals surface area contributed by atoms with Gasteiger partial charge in [0.2, 0.25) is 5.91 Å². The van der Waals surface area contributed by atoms with Crippen LogP contribution in [0.1, 0.15) is 48.0 Å². The van der Waals surface area contributed by atoms with Crippen molar-refractivity contribution in [3.8, 4) is 0 Å². The molecule has 7 nitrogen and oxygen atoms in total. The van der Waals surface area contributed by atoms with Crippen LogP contribution in [0.5, 0.6) is 0 Å². The van der Waals surface area contributed by atoms with Crippen LogP contribution < -0.4 is 5.32 Å². The van der Waals surface area contributed by atoms with Crippen LogP contribution in [0.25, 0.3) is 0 Å². The number of carbonyl (C=O) groups excluding carboxylic acids is 2. The van der Waals surface area contributed by atoms with Gasteiger partial charge in [-0.1, -0.05) is 20.8 Å². The van der Waals surface area contributed by atoms with Crippen LogP contribution in [0.4, 0.5) is 4.79 Å². The lowest BCUT2D eigenvalue weighted by molar-refractivity contribution is -0.138. The fourth-order valence-corrected chi connectivity index (χ4v) is 4.56. The molecule has 0 saturated carbocycles. The van der Waals surface area contributed by atoms with Gasteiger partial charge in [-0.2, -0.15) is 0 Å². The van der Waals surface area contributed by atoms with Gasteiger partial charge in [0, 0.05) is 13.1 Å². The van der Waals surface area contributed by atoms with Crippen molar-refractivity contribution in [1.82, 2.24) is 10.2 Å². The molecule has 2 heterocycles. The number of nitrogens with zero attached hydrogens (tertiary/aromatic N) is 1. The second-order valence-corrected chi connectivity index (χ2v) is 15.0. The fraction of sp³-hybridized carbons (Fsp3) is 0.895. The minimum atomic E-state index is -2.02. The standard InChI is InChI=1S/C19H36N2O5Si/c1-18(2,3)25-17(24)21-11-12(26-27(7,8)19(4,5)6)9-14(21)15(22)13-10-20-16(13)23/h12-15,22H,9-11H2,1-8H3,(H,20,23)/t12-,13?,14+,15?/m1/s1. The van der Waals surface area contributed by atoms with Crippen molar-refractivity contribution in [3.63, 3.8) is 0 Å². The van der Waals surface area contributed by atoms with Gasteiger partial charge in [-0.25, -0.2) is 4.79 Å². The average Bonchev–Trinajstić information content (AvgIpc) is 2.86. The van der Waals surface area contributed by atoms with Gasteiger partial charge >= 0.3 is 6.09 Å². The van der Waals surface area contributed by atoms with Gasteiger partial charge in [-0.15, -0.1) is 0 Å². The lowest BCUT2D eigenvalue weighted by atomic mass is 9.89. The molecule has 2 unspecified atom stereocenters. The van der Waals surface area contributed by atoms with Crippen LogP contribution in [0, 0.1) is 5.92 Å². The number of amides is 2. The minimum absolute atomic E-state index is 0.0499. The van der Waals surface area contributed by atoms with E-state index in [9.17, 15) is 14.7 Å². The van der Waals surface area contributed by atoms with Crippen LogP contribution in [0.15, 0.2) is 0 Å². The van der Waals surface area contributed by atoms with E-state index in [1.165, 1.54) is 0 Å². The highest BCUT2D eigenvalue weighted by molar-refractivity contribution is 6.74. The lowest BCUT2D eigenvalue weighted by Gasteiger charge is -2.38. The highest BCUT2D eigenvalue weighted by atomic mass is 28.4. The quantitative estimate of drug-likeness (QED) is 0.559. The van der Waals surface area contributed by atoms with E-state index in [1.54, 1.807) is 4.90 Å². The molecule has 2 N–H and O–H groups in total. The Bertz CT molecular complexity index is 582. The Morgan fingerprint density at radius 2 is 1.85 bits per heavy atom. The topological polar surface area (TPSA) is 88.1 Å². The first-order valence-corrected chi connectivity index (χ1v) is 12.7. The smallest absolute Gasteiger partial charge is 0.410 e. The molecule has 8 heteroatoms. The number of aliphatic hydroxyl groups is 1. The molecule has 0 spiro atoms. The van der Waals surface area contributed by atoms with Crippen LogP contribution in [0.3, 0.4) is 0 Å². The molecule has 0 aliphatic carbocycles. The second-order valence-electron chi connectivity index (χ2n) is 10.3. The molecule has 0 radical (unpaired) electrons. The lowest BCUT2D eigenvalue weighted by Crippen LogP contribution is -2.59. The number of nitrogens with one attached hydrogen (secondary N) is 1. The Kier molecular flexibility index (Phi) is 6.05. The third kappa shape index (κ3) is 5.03. The van der Waals surface area contributed by atoms with E-state index in [4.69, 9.17) is 9.16 Å². The number of aliphatic hydroxyl groups excluding tert-OH is 1. The van der Waals surface area contributed by atoms with Gasteiger partial charge < -0.3 is 19.6 Å². The van der Waals surface area contributed by atoms with E-state index < -0.39 is 38.1 Å². The van der Waals surface area contributed by atoms with E-state index >= 15 is 0 Å². The summed E-state index contributed by atoms with van der Waals surface area (Å²) in [6, 6.07) is -0.481. The molecule has 2 aliphatic rings. The maximum absolute atomic E-state index is 12.7. The summed E-state index contributed by atoms with van der Waals surface area (Å²) in [6.45, 7) is 17.1. The highest BCUT2D eigenvalue weighted by Gasteiger charge is 2.49. The summed E-state index contributed by atoms with van der Waals surface area (Å²) in [6.07, 6.45) is -1.04. The summed E-state index contributed by atoms with van der Waals surface area (Å²) in [4.78, 5) is 26.0. The normalized spacial score (nSPS) is 27.8. The Morgan fingerprint density at radius 1 is 1.26 bits per heavy atom. The van der Waals surface area contributed by atoms with Crippen molar-refractivity contribution >= 4 is 20.3 Å². The molecule has 27 heavy (non-hydrogen) atoms. The van der Waals surface area contributed by atoms with Crippen molar-refractivity contribution < 1.29 is 23.9 Å². The van der Waals surface area contributed by atoms with Crippen LogP contribution >= 0.6 is 0 Å². The van der Waals surface area contributed by atoms with Crippen LogP contribution in [-0.2, 0) is 14.0 Å². The highest BCUT2D eigenvalue weighted by Crippen LogP contribution is 2.39. The zero-order valence-electron chi connectivity index (χ0n) is 18.0. The summed E-state index contributed by atoms with van der Waals surface area (Å²) in [5.74, 6) is -0.646. The number of hydrogen-bond acceptors (Lipinski definition) is 5. The maximum atomic E-state index is 12.7. The Morgan fingerprint density at radius 3 is 2.26 bits per heavy atom. The Labute approximate surface area is 163 Å². The first kappa shape index (κ1) is 22.2. The summed E-state index contributed by atoms with van der Waals surface area (Å²) >= 11 is 0.